The number of nitrogens with one attached hydrogen (secondary N) is 1. The SMILES string of the molecule is CC1(NC(=O)O[C@H]2CN3CCC2CC3)CCOc2cc(-c3ccc4c(c3)OC(F)(F)O4)ccc21. The Hall–Kier alpha value is -3.07. The Labute approximate surface area is 195 Å². The van der Waals surface area contributed by atoms with Crippen LogP contribution in [0.3, 0.4) is 0 Å². The maximum Gasteiger partial charge on any atom is 0.586 e. The molecule has 0 saturated carbocycles. The molecule has 5 aliphatic rings. The number of hydrogen-bond acceptors (Lipinski definition) is 6. The molecule has 2 aromatic rings. The number of alkyl halides is 2. The van der Waals surface area contributed by atoms with Gasteiger partial charge in [0, 0.05) is 18.5 Å². The van der Waals surface area contributed by atoms with Gasteiger partial charge in [0.15, 0.2) is 11.5 Å². The van der Waals surface area contributed by atoms with Crippen LogP contribution in [-0.2, 0) is 10.3 Å². The van der Waals surface area contributed by atoms with Gasteiger partial charge in [0.05, 0.1) is 12.1 Å². The van der Waals surface area contributed by atoms with Gasteiger partial charge in [-0.05, 0) is 68.1 Å². The van der Waals surface area contributed by atoms with Gasteiger partial charge in [-0.25, -0.2) is 4.79 Å². The van der Waals surface area contributed by atoms with Crippen LogP contribution < -0.4 is 19.5 Å². The highest BCUT2D eigenvalue weighted by Crippen LogP contribution is 2.44. The lowest BCUT2D eigenvalue weighted by atomic mass is 9.85. The Morgan fingerprint density at radius 3 is 2.50 bits per heavy atom. The first-order chi connectivity index (χ1) is 16.3. The maximum absolute atomic E-state index is 13.4. The third-order valence-corrected chi connectivity index (χ3v) is 7.40. The summed E-state index contributed by atoms with van der Waals surface area (Å²) in [5.41, 5.74) is 1.67. The molecular weight excluding hydrogens is 446 g/mol. The highest BCUT2D eigenvalue weighted by molar-refractivity contribution is 5.72. The standard InChI is InChI=1S/C25H26F2N2O5/c1-24(28-23(30)32-22-14-29-9-6-15(22)7-10-29)8-11-31-20-12-16(2-4-18(20)24)17-3-5-19-21(13-17)34-25(26,27)33-19/h2-5,12-13,15,22H,6-11,14H2,1H3,(H,28,30)/t22-,24?/m0/s1. The van der Waals surface area contributed by atoms with Crippen LogP contribution in [0.5, 0.6) is 17.2 Å². The van der Waals surface area contributed by atoms with Crippen molar-refractivity contribution in [1.29, 1.82) is 0 Å². The molecule has 7 rings (SSSR count). The monoisotopic (exact) mass is 472 g/mol. The number of ether oxygens (including phenoxy) is 4. The minimum absolute atomic E-state index is 0.00114. The van der Waals surface area contributed by atoms with E-state index in [0.717, 1.165) is 43.6 Å². The summed E-state index contributed by atoms with van der Waals surface area (Å²) in [6.45, 7) is 5.37. The zero-order valence-corrected chi connectivity index (χ0v) is 18.8. The van der Waals surface area contributed by atoms with E-state index in [9.17, 15) is 13.6 Å². The van der Waals surface area contributed by atoms with Gasteiger partial charge in [-0.15, -0.1) is 8.78 Å². The van der Waals surface area contributed by atoms with Crippen molar-refractivity contribution in [3.05, 3.63) is 42.0 Å². The molecule has 1 unspecified atom stereocenters. The fourth-order valence-electron chi connectivity index (χ4n) is 5.47. The third-order valence-electron chi connectivity index (χ3n) is 7.40. The highest BCUT2D eigenvalue weighted by atomic mass is 19.3. The normalized spacial score (nSPS) is 30.3. The number of nitrogens with zero attached hydrogens (tertiary/aromatic N) is 1. The van der Waals surface area contributed by atoms with Crippen molar-refractivity contribution in [2.24, 2.45) is 5.92 Å². The van der Waals surface area contributed by atoms with Crippen molar-refractivity contribution in [2.45, 2.75) is 44.1 Å². The molecule has 2 aromatic carbocycles. The van der Waals surface area contributed by atoms with Crippen LogP contribution in [0, 0.1) is 5.92 Å². The van der Waals surface area contributed by atoms with E-state index < -0.39 is 17.9 Å². The van der Waals surface area contributed by atoms with Crippen molar-refractivity contribution in [2.75, 3.05) is 26.2 Å². The Morgan fingerprint density at radius 2 is 1.76 bits per heavy atom. The molecule has 9 heteroatoms. The van der Waals surface area contributed by atoms with E-state index >= 15 is 0 Å². The second kappa shape index (κ2) is 7.73. The summed E-state index contributed by atoms with van der Waals surface area (Å²) in [5.74, 6) is 1.07. The van der Waals surface area contributed by atoms with Gasteiger partial charge in [0.25, 0.3) is 0 Å². The second-order valence-corrected chi connectivity index (χ2v) is 9.68. The highest BCUT2D eigenvalue weighted by Gasteiger charge is 2.43. The molecule has 1 N–H and O–H groups in total. The first-order valence-corrected chi connectivity index (χ1v) is 11.7. The molecule has 3 fully saturated rings. The lowest BCUT2D eigenvalue weighted by Gasteiger charge is -2.44. The summed E-state index contributed by atoms with van der Waals surface area (Å²) in [5, 5.41) is 3.08. The fourth-order valence-corrected chi connectivity index (χ4v) is 5.47. The number of rotatable bonds is 3. The number of amides is 1. The predicted molar refractivity (Wildman–Crippen MR) is 118 cm³/mol. The number of benzene rings is 2. The summed E-state index contributed by atoms with van der Waals surface area (Å²) < 4.78 is 47.5. The molecule has 0 spiro atoms. The molecule has 3 saturated heterocycles. The molecular formula is C25H26F2N2O5. The first-order valence-electron chi connectivity index (χ1n) is 11.7. The van der Waals surface area contributed by atoms with E-state index in [1.165, 1.54) is 12.1 Å². The largest absolute Gasteiger partial charge is 0.586 e. The molecule has 5 heterocycles. The average Bonchev–Trinajstić information content (AvgIpc) is 3.12. The summed E-state index contributed by atoms with van der Waals surface area (Å²) in [6, 6.07) is 10.3. The van der Waals surface area contributed by atoms with E-state index in [1.54, 1.807) is 6.07 Å². The van der Waals surface area contributed by atoms with Crippen molar-refractivity contribution in [1.82, 2.24) is 10.2 Å². The number of hydrogen-bond donors (Lipinski definition) is 1. The second-order valence-electron chi connectivity index (χ2n) is 9.68. The van der Waals surface area contributed by atoms with E-state index in [1.807, 2.05) is 25.1 Å². The van der Waals surface area contributed by atoms with Gasteiger partial charge in [-0.1, -0.05) is 18.2 Å². The molecule has 0 aliphatic carbocycles. The van der Waals surface area contributed by atoms with Crippen LogP contribution in [-0.4, -0.2) is 49.6 Å². The van der Waals surface area contributed by atoms with E-state index in [0.29, 0.717) is 30.3 Å². The molecule has 7 nitrogen and oxygen atoms in total. The molecule has 2 bridgehead atoms. The van der Waals surface area contributed by atoms with Gasteiger partial charge < -0.3 is 24.3 Å². The zero-order valence-electron chi connectivity index (χ0n) is 18.8. The van der Waals surface area contributed by atoms with Crippen LogP contribution in [0.15, 0.2) is 36.4 Å². The Bertz CT molecular complexity index is 1130. The van der Waals surface area contributed by atoms with E-state index in [2.05, 4.69) is 19.7 Å². The van der Waals surface area contributed by atoms with E-state index in [-0.39, 0.29) is 17.6 Å². The number of carbonyl (C=O) groups is 1. The van der Waals surface area contributed by atoms with Gasteiger partial charge in [-0.3, -0.25) is 4.90 Å². The van der Waals surface area contributed by atoms with Crippen LogP contribution in [0.4, 0.5) is 13.6 Å². The first kappa shape index (κ1) is 21.5. The average molecular weight is 472 g/mol. The Kier molecular flexibility index (Phi) is 4.88. The molecule has 0 radical (unpaired) electrons. The lowest BCUT2D eigenvalue weighted by molar-refractivity contribution is -0.286. The predicted octanol–water partition coefficient (Wildman–Crippen LogP) is 4.49. The van der Waals surface area contributed by atoms with Crippen molar-refractivity contribution >= 4 is 6.09 Å². The number of piperidine rings is 3. The number of carbonyl (C=O) groups excluding carboxylic acids is 1. The minimum Gasteiger partial charge on any atom is -0.493 e. The van der Waals surface area contributed by atoms with Gasteiger partial charge in [-0.2, -0.15) is 0 Å². The Balaban J connectivity index is 1.20. The molecule has 1 amide bonds. The number of alkyl carbamates (subject to hydrolysis) is 1. The topological polar surface area (TPSA) is 69.3 Å². The minimum atomic E-state index is -3.66. The van der Waals surface area contributed by atoms with Gasteiger partial charge in [0.2, 0.25) is 0 Å². The van der Waals surface area contributed by atoms with Crippen LogP contribution in [0.2, 0.25) is 0 Å². The van der Waals surface area contributed by atoms with Gasteiger partial charge >= 0.3 is 12.4 Å². The van der Waals surface area contributed by atoms with E-state index in [4.69, 9.17) is 9.47 Å². The van der Waals surface area contributed by atoms with Crippen LogP contribution >= 0.6 is 0 Å². The molecule has 180 valence electrons. The molecule has 2 atom stereocenters. The number of fused-ring (bicyclic) bond motifs is 5. The molecule has 34 heavy (non-hydrogen) atoms. The smallest absolute Gasteiger partial charge is 0.493 e. The van der Waals surface area contributed by atoms with Crippen molar-refractivity contribution < 1.29 is 32.5 Å². The summed E-state index contributed by atoms with van der Waals surface area (Å²) in [7, 11) is 0. The Morgan fingerprint density at radius 1 is 1.06 bits per heavy atom. The summed E-state index contributed by atoms with van der Waals surface area (Å²) in [6.07, 6.45) is -1.37. The fraction of sp³-hybridized carbons (Fsp3) is 0.480. The molecule has 5 aliphatic heterocycles. The van der Waals surface area contributed by atoms with Crippen molar-refractivity contribution in [3.63, 3.8) is 0 Å². The van der Waals surface area contributed by atoms with Gasteiger partial charge in [0.1, 0.15) is 11.9 Å². The van der Waals surface area contributed by atoms with Crippen LogP contribution in [0.1, 0.15) is 31.7 Å². The maximum atomic E-state index is 13.4. The zero-order chi connectivity index (χ0) is 23.5. The lowest BCUT2D eigenvalue weighted by Crippen LogP contribution is -2.54. The third kappa shape index (κ3) is 3.81. The summed E-state index contributed by atoms with van der Waals surface area (Å²) >= 11 is 0. The molecule has 0 aromatic heterocycles. The van der Waals surface area contributed by atoms with Crippen LogP contribution in [0.25, 0.3) is 11.1 Å². The quantitative estimate of drug-likeness (QED) is 0.710. The van der Waals surface area contributed by atoms with Crippen molar-refractivity contribution in [3.8, 4) is 28.4 Å². The number of halogens is 2. The summed E-state index contributed by atoms with van der Waals surface area (Å²) in [4.78, 5) is 15.2.